The van der Waals surface area contributed by atoms with Crippen LogP contribution < -0.4 is 0 Å². The van der Waals surface area contributed by atoms with Gasteiger partial charge >= 0.3 is 0 Å². The van der Waals surface area contributed by atoms with Crippen LogP contribution in [0.2, 0.25) is 0 Å². The Bertz CT molecular complexity index is 145. The van der Waals surface area contributed by atoms with Crippen LogP contribution in [0.15, 0.2) is 0 Å². The minimum Gasteiger partial charge on any atom is -0.347 e. The third-order valence-electron chi connectivity index (χ3n) is 2.01. The number of methoxy groups -OCH3 is 1. The Balaban J connectivity index is 2.59. The molecule has 1 atom stereocenters. The largest absolute Gasteiger partial charge is 0.347 e. The fourth-order valence-corrected chi connectivity index (χ4v) is 1.29. The van der Waals surface area contributed by atoms with Gasteiger partial charge in [0.05, 0.1) is 0 Å². The van der Waals surface area contributed by atoms with E-state index < -0.39 is 5.91 Å². The molecule has 1 aliphatic rings. The maximum Gasteiger partial charge on any atom is 0.286 e. The van der Waals surface area contributed by atoms with E-state index in [9.17, 15) is 9.90 Å². The Morgan fingerprint density at radius 1 is 1.55 bits per heavy atom. The Kier molecular flexibility index (Phi) is 2.59. The molecule has 0 bridgehead atoms. The summed E-state index contributed by atoms with van der Waals surface area (Å²) < 4.78 is 4.68. The molecule has 0 unspecified atom stereocenters. The molecule has 4 nitrogen and oxygen atoms in total. The number of hydrogen-bond acceptors (Lipinski definition) is 4. The van der Waals surface area contributed by atoms with Crippen molar-refractivity contribution in [3.05, 3.63) is 0 Å². The lowest BCUT2D eigenvalue weighted by Crippen LogP contribution is -2.50. The second kappa shape index (κ2) is 3.30. The summed E-state index contributed by atoms with van der Waals surface area (Å²) in [5.74, 6) is -1.68. The van der Waals surface area contributed by atoms with Crippen LogP contribution in [0.5, 0.6) is 0 Å². The van der Waals surface area contributed by atoms with Crippen molar-refractivity contribution in [2.45, 2.75) is 18.8 Å². The standard InChI is InChI=1S/C7H13NO3/c1-11-7(10,6-9)8-4-2-3-5-8/h6,10H,2-5H2,1H3/t7-/m1/s1. The molecular weight excluding hydrogens is 146 g/mol. The maximum atomic E-state index is 10.4. The lowest BCUT2D eigenvalue weighted by atomic mass is 10.4. The minimum absolute atomic E-state index is 0.429. The molecule has 1 aliphatic heterocycles. The summed E-state index contributed by atoms with van der Waals surface area (Å²) in [5.41, 5.74) is 0. The number of ether oxygens (including phenoxy) is 1. The van der Waals surface area contributed by atoms with Gasteiger partial charge in [-0.1, -0.05) is 0 Å². The summed E-state index contributed by atoms with van der Waals surface area (Å²) in [6, 6.07) is 0. The fourth-order valence-electron chi connectivity index (χ4n) is 1.29. The molecule has 0 aromatic carbocycles. The maximum absolute atomic E-state index is 10.4. The van der Waals surface area contributed by atoms with Crippen LogP contribution in [-0.4, -0.2) is 42.4 Å². The van der Waals surface area contributed by atoms with Gasteiger partial charge in [-0.25, -0.2) is 4.90 Å². The molecule has 0 aromatic heterocycles. The monoisotopic (exact) mass is 159 g/mol. The highest BCUT2D eigenvalue weighted by Gasteiger charge is 2.35. The first kappa shape index (κ1) is 8.64. The van der Waals surface area contributed by atoms with Crippen molar-refractivity contribution in [1.29, 1.82) is 0 Å². The van der Waals surface area contributed by atoms with E-state index >= 15 is 0 Å². The molecule has 4 heteroatoms. The zero-order valence-electron chi connectivity index (χ0n) is 6.62. The summed E-state index contributed by atoms with van der Waals surface area (Å²) in [6.07, 6.45) is 2.46. The number of rotatable bonds is 3. The highest BCUT2D eigenvalue weighted by molar-refractivity contribution is 5.58. The van der Waals surface area contributed by atoms with Gasteiger partial charge in [0.2, 0.25) is 0 Å². The van der Waals surface area contributed by atoms with E-state index in [1.54, 1.807) is 4.90 Å². The second-order valence-corrected chi connectivity index (χ2v) is 2.67. The van der Waals surface area contributed by atoms with Crippen LogP contribution in [0.3, 0.4) is 0 Å². The van der Waals surface area contributed by atoms with Gasteiger partial charge in [0.25, 0.3) is 5.91 Å². The SMILES string of the molecule is CO[C@](O)(C=O)N1CCCC1. The predicted octanol–water partition coefficient (Wildman–Crippen LogP) is -0.426. The van der Waals surface area contributed by atoms with Crippen molar-refractivity contribution in [1.82, 2.24) is 4.90 Å². The first-order chi connectivity index (χ1) is 5.23. The van der Waals surface area contributed by atoms with E-state index in [2.05, 4.69) is 4.74 Å². The Hall–Kier alpha value is -0.450. The van der Waals surface area contributed by atoms with Crippen LogP contribution in [0.25, 0.3) is 0 Å². The summed E-state index contributed by atoms with van der Waals surface area (Å²) >= 11 is 0. The molecule has 1 N–H and O–H groups in total. The summed E-state index contributed by atoms with van der Waals surface area (Å²) in [5, 5.41) is 9.46. The fraction of sp³-hybridized carbons (Fsp3) is 0.857. The van der Waals surface area contributed by atoms with Gasteiger partial charge in [0, 0.05) is 20.2 Å². The molecule has 1 rings (SSSR count). The molecule has 0 aliphatic carbocycles. The number of carbonyl (C=O) groups excluding carboxylic acids is 1. The van der Waals surface area contributed by atoms with E-state index in [-0.39, 0.29) is 0 Å². The molecular formula is C7H13NO3. The number of carbonyl (C=O) groups is 1. The van der Waals surface area contributed by atoms with Gasteiger partial charge < -0.3 is 9.84 Å². The van der Waals surface area contributed by atoms with Crippen molar-refractivity contribution < 1.29 is 14.6 Å². The van der Waals surface area contributed by atoms with Gasteiger partial charge in [-0.15, -0.1) is 0 Å². The predicted molar refractivity (Wildman–Crippen MR) is 38.8 cm³/mol. The van der Waals surface area contributed by atoms with Crippen molar-refractivity contribution in [2.24, 2.45) is 0 Å². The first-order valence-electron chi connectivity index (χ1n) is 3.72. The van der Waals surface area contributed by atoms with Crippen molar-refractivity contribution in [3.8, 4) is 0 Å². The number of aliphatic hydroxyl groups is 1. The molecule has 1 heterocycles. The molecule has 0 radical (unpaired) electrons. The topological polar surface area (TPSA) is 49.8 Å². The van der Waals surface area contributed by atoms with Crippen LogP contribution in [0.1, 0.15) is 12.8 Å². The van der Waals surface area contributed by atoms with Gasteiger partial charge in [0.15, 0.2) is 6.29 Å². The number of nitrogens with zero attached hydrogens (tertiary/aromatic N) is 1. The third kappa shape index (κ3) is 1.58. The van der Waals surface area contributed by atoms with Gasteiger partial charge in [-0.2, -0.15) is 0 Å². The lowest BCUT2D eigenvalue weighted by Gasteiger charge is -2.29. The first-order valence-corrected chi connectivity index (χ1v) is 3.72. The summed E-state index contributed by atoms with van der Waals surface area (Å²) in [6.45, 7) is 1.45. The van der Waals surface area contributed by atoms with Gasteiger partial charge in [-0.3, -0.25) is 4.79 Å². The number of aldehydes is 1. The molecule has 0 aromatic rings. The highest BCUT2D eigenvalue weighted by Crippen LogP contribution is 2.17. The number of likely N-dealkylation sites (tertiary alicyclic amines) is 1. The van der Waals surface area contributed by atoms with Crippen LogP contribution in [0, 0.1) is 0 Å². The van der Waals surface area contributed by atoms with Crippen molar-refractivity contribution in [3.63, 3.8) is 0 Å². The van der Waals surface area contributed by atoms with Gasteiger partial charge in [-0.05, 0) is 12.8 Å². The third-order valence-corrected chi connectivity index (χ3v) is 2.01. The molecule has 0 amide bonds. The van der Waals surface area contributed by atoms with E-state index in [0.29, 0.717) is 6.29 Å². The molecule has 0 spiro atoms. The van der Waals surface area contributed by atoms with Crippen molar-refractivity contribution >= 4 is 6.29 Å². The number of hydrogen-bond donors (Lipinski definition) is 1. The Labute approximate surface area is 65.8 Å². The average molecular weight is 159 g/mol. The van der Waals surface area contributed by atoms with E-state index in [1.165, 1.54) is 7.11 Å². The minimum atomic E-state index is -1.68. The van der Waals surface area contributed by atoms with Gasteiger partial charge in [0.1, 0.15) is 0 Å². The van der Waals surface area contributed by atoms with E-state index in [4.69, 9.17) is 0 Å². The lowest BCUT2D eigenvalue weighted by molar-refractivity contribution is -0.247. The van der Waals surface area contributed by atoms with Crippen LogP contribution in [0.4, 0.5) is 0 Å². The zero-order valence-corrected chi connectivity index (χ0v) is 6.62. The molecule has 11 heavy (non-hydrogen) atoms. The quantitative estimate of drug-likeness (QED) is 0.448. The molecule has 0 saturated carbocycles. The molecule has 1 fully saturated rings. The van der Waals surface area contributed by atoms with Crippen LogP contribution >= 0.6 is 0 Å². The van der Waals surface area contributed by atoms with Crippen molar-refractivity contribution in [2.75, 3.05) is 20.2 Å². The zero-order chi connectivity index (χ0) is 8.32. The summed E-state index contributed by atoms with van der Waals surface area (Å²) in [7, 11) is 1.33. The van der Waals surface area contributed by atoms with E-state index in [1.807, 2.05) is 0 Å². The Morgan fingerprint density at radius 3 is 2.45 bits per heavy atom. The molecule has 1 saturated heterocycles. The molecule has 64 valence electrons. The smallest absolute Gasteiger partial charge is 0.286 e. The van der Waals surface area contributed by atoms with Crippen LogP contribution in [-0.2, 0) is 9.53 Å². The Morgan fingerprint density at radius 2 is 2.09 bits per heavy atom. The average Bonchev–Trinajstić information content (AvgIpc) is 2.55. The second-order valence-electron chi connectivity index (χ2n) is 2.67. The summed E-state index contributed by atoms with van der Waals surface area (Å²) in [4.78, 5) is 12.1. The van der Waals surface area contributed by atoms with E-state index in [0.717, 1.165) is 25.9 Å². The normalized spacial score (nSPS) is 24.9. The highest BCUT2D eigenvalue weighted by atomic mass is 16.6.